The Morgan fingerprint density at radius 3 is 1.15 bits per heavy atom. The predicted molar refractivity (Wildman–Crippen MR) is 279 cm³/mol. The molecule has 25 heteroatoms. The SMILES string of the molecule is C[Si](C)(C)O[SiH](O[SiH2]O[Si](C)(C)O[Si](C)(C)O[Si](C)(C)O[Si](C)(C)O[Si](C)(C)CCC1CCC2OC2C1)O[Si](C)(C)O[Si](C)(C)O[Si](C)(C)O[Si](C)(C)CCC1CCC2OC2C1. The van der Waals surface area contributed by atoms with E-state index < -0.39 is 104 Å². The van der Waals surface area contributed by atoms with Crippen LogP contribution < -0.4 is 0 Å². The fourth-order valence-electron chi connectivity index (χ4n) is 10.00. The van der Waals surface area contributed by atoms with Gasteiger partial charge in [0.1, 0.15) is 0 Å². The highest BCUT2D eigenvalue weighted by Gasteiger charge is 2.50. The van der Waals surface area contributed by atoms with Crippen molar-refractivity contribution >= 4 is 104 Å². The summed E-state index contributed by atoms with van der Waals surface area (Å²) in [7, 11) is -28.4. The number of ether oxygens (including phenoxy) is 2. The smallest absolute Gasteiger partial charge is 0.436 e. The van der Waals surface area contributed by atoms with Crippen LogP contribution in [0.25, 0.3) is 0 Å². The number of epoxide rings is 2. The highest BCUT2D eigenvalue weighted by Crippen LogP contribution is 2.43. The molecule has 4 rings (SSSR count). The summed E-state index contributed by atoms with van der Waals surface area (Å²) in [4.78, 5) is 0. The summed E-state index contributed by atoms with van der Waals surface area (Å²) >= 11 is 0. The molecule has 62 heavy (non-hydrogen) atoms. The molecule has 7 unspecified atom stereocenters. The topological polar surface area (TPSA) is 127 Å². The minimum atomic E-state index is -2.76. The van der Waals surface area contributed by atoms with Crippen LogP contribution in [0.3, 0.4) is 0 Å². The molecule has 7 atom stereocenters. The largest absolute Gasteiger partial charge is 0.455 e. The maximum absolute atomic E-state index is 6.95. The maximum atomic E-state index is 6.95. The van der Waals surface area contributed by atoms with Crippen LogP contribution in [-0.4, -0.2) is 129 Å². The molecule has 0 radical (unpaired) electrons. The van der Waals surface area contributed by atoms with Crippen LogP contribution in [0, 0.1) is 11.8 Å². The molecule has 4 fully saturated rings. The lowest BCUT2D eigenvalue weighted by molar-refractivity contribution is 0.240. The molecule has 0 aromatic rings. The van der Waals surface area contributed by atoms with Crippen molar-refractivity contribution in [1.29, 1.82) is 0 Å². The third kappa shape index (κ3) is 21.8. The van der Waals surface area contributed by atoms with Gasteiger partial charge in [-0.25, -0.2) is 0 Å². The van der Waals surface area contributed by atoms with Crippen LogP contribution in [0.4, 0.5) is 0 Å². The van der Waals surface area contributed by atoms with Crippen molar-refractivity contribution in [3.8, 4) is 0 Å². The standard InChI is InChI=1S/C37H92O13Si12/c1-53(2,3)42-52(43-57(10,11)47-61(18,19)48-58(12,13)44-54(4,5)28-26-32-22-24-34-36(30-32)38-34)40-51-41-56(8,9)46-60(16,17)50-62(20,21)49-59(14,15)45-55(6,7)29-27-33-23-25-35-37(31-33)39-35/h32-37,52H,22-31,51H2,1-21H3. The van der Waals surface area contributed by atoms with E-state index >= 15 is 0 Å². The van der Waals surface area contributed by atoms with Gasteiger partial charge >= 0.3 is 69.5 Å². The molecule has 0 amide bonds. The molecule has 0 spiro atoms. The van der Waals surface area contributed by atoms with Gasteiger partial charge in [-0.2, -0.15) is 0 Å². The fourth-order valence-corrected chi connectivity index (χ4v) is 60.5. The summed E-state index contributed by atoms with van der Waals surface area (Å²) in [6.45, 7) is 45.5. The Balaban J connectivity index is 1.24. The summed E-state index contributed by atoms with van der Waals surface area (Å²) in [5, 5.41) is 0. The van der Waals surface area contributed by atoms with Gasteiger partial charge in [-0.1, -0.05) is 12.8 Å². The first-order chi connectivity index (χ1) is 27.8. The van der Waals surface area contributed by atoms with Gasteiger partial charge < -0.3 is 54.7 Å². The number of hydrogen-bond acceptors (Lipinski definition) is 13. The monoisotopic (exact) mass is 1080 g/mol. The van der Waals surface area contributed by atoms with Crippen LogP contribution in [0.2, 0.25) is 150 Å². The summed E-state index contributed by atoms with van der Waals surface area (Å²) < 4.78 is 86.1. The molecule has 366 valence electrons. The van der Waals surface area contributed by atoms with Gasteiger partial charge in [-0.15, -0.1) is 0 Å². The molecule has 2 aliphatic heterocycles. The Labute approximate surface area is 393 Å². The number of fused-ring (bicyclic) bond motifs is 2. The number of hydrogen-bond donors (Lipinski definition) is 0. The van der Waals surface area contributed by atoms with Crippen molar-refractivity contribution < 1.29 is 54.7 Å². The fraction of sp³-hybridized carbons (Fsp3) is 1.00. The summed E-state index contributed by atoms with van der Waals surface area (Å²) in [5.41, 5.74) is 0. The van der Waals surface area contributed by atoms with E-state index in [1.54, 1.807) is 0 Å². The molecule has 13 nitrogen and oxygen atoms in total. The van der Waals surface area contributed by atoms with E-state index in [1.165, 1.54) is 51.4 Å². The summed E-state index contributed by atoms with van der Waals surface area (Å²) in [5.74, 6) is 1.52. The first-order valence-corrected chi connectivity index (χ1v) is 55.6. The normalized spacial score (nSPS) is 26.5. The lowest BCUT2D eigenvalue weighted by Crippen LogP contribution is -2.59. The van der Waals surface area contributed by atoms with E-state index in [2.05, 4.69) is 137 Å². The average Bonchev–Trinajstić information content (AvgIpc) is 3.92. The molecule has 2 saturated carbocycles. The van der Waals surface area contributed by atoms with Crippen molar-refractivity contribution in [2.45, 2.75) is 225 Å². The first kappa shape index (κ1) is 56.7. The zero-order valence-electron chi connectivity index (χ0n) is 43.1. The van der Waals surface area contributed by atoms with Crippen molar-refractivity contribution in [2.75, 3.05) is 0 Å². The quantitative estimate of drug-likeness (QED) is 0.0546. The summed E-state index contributed by atoms with van der Waals surface area (Å²) in [6, 6.07) is 2.29. The molecule has 2 saturated heterocycles. The maximum Gasteiger partial charge on any atom is 0.455 e. The van der Waals surface area contributed by atoms with Crippen molar-refractivity contribution in [3.63, 3.8) is 0 Å². The highest BCUT2D eigenvalue weighted by atomic mass is 28.5. The highest BCUT2D eigenvalue weighted by molar-refractivity contribution is 6.91. The third-order valence-electron chi connectivity index (χ3n) is 11.5. The summed E-state index contributed by atoms with van der Waals surface area (Å²) in [6.07, 6.45) is 12.1. The molecule has 0 aromatic carbocycles. The van der Waals surface area contributed by atoms with Crippen molar-refractivity contribution in [1.82, 2.24) is 0 Å². The second kappa shape index (κ2) is 21.2. The van der Waals surface area contributed by atoms with Crippen LogP contribution in [0.15, 0.2) is 0 Å². The minimum Gasteiger partial charge on any atom is -0.436 e. The lowest BCUT2D eigenvalue weighted by atomic mass is 9.88. The molecule has 0 bridgehead atoms. The molecule has 0 aromatic heterocycles. The third-order valence-corrected chi connectivity index (χ3v) is 54.0. The predicted octanol–water partition coefficient (Wildman–Crippen LogP) is 9.96. The van der Waals surface area contributed by atoms with Crippen LogP contribution in [-0.2, 0) is 54.7 Å². The Kier molecular flexibility index (Phi) is 19.4. The molecular weight excluding hydrogens is 989 g/mol. The Bertz CT molecular complexity index is 1450. The van der Waals surface area contributed by atoms with Gasteiger partial charge in [-0.3, -0.25) is 0 Å². The van der Waals surface area contributed by atoms with E-state index in [-0.39, 0.29) is 0 Å². The van der Waals surface area contributed by atoms with Gasteiger partial charge in [0.05, 0.1) is 24.4 Å². The van der Waals surface area contributed by atoms with E-state index in [4.69, 9.17) is 54.7 Å². The van der Waals surface area contributed by atoms with E-state index in [9.17, 15) is 0 Å². The van der Waals surface area contributed by atoms with Gasteiger partial charge in [0.2, 0.25) is 0 Å². The zero-order chi connectivity index (χ0) is 47.0. The second-order valence-electron chi connectivity index (χ2n) is 24.0. The average molecular weight is 1080 g/mol. The van der Waals surface area contributed by atoms with Crippen molar-refractivity contribution in [3.05, 3.63) is 0 Å². The van der Waals surface area contributed by atoms with Gasteiger partial charge in [0, 0.05) is 0 Å². The molecule has 2 heterocycles. The molecule has 2 aliphatic carbocycles. The van der Waals surface area contributed by atoms with E-state index in [0.717, 1.165) is 23.9 Å². The second-order valence-corrected chi connectivity index (χ2v) is 66.7. The van der Waals surface area contributed by atoms with Crippen LogP contribution in [0.5, 0.6) is 0 Å². The van der Waals surface area contributed by atoms with E-state index in [1.807, 2.05) is 0 Å². The van der Waals surface area contributed by atoms with Gasteiger partial charge in [0.25, 0.3) is 10.0 Å². The molecule has 4 aliphatic rings. The number of rotatable bonds is 28. The van der Waals surface area contributed by atoms with Crippen LogP contribution in [0.1, 0.15) is 51.4 Å². The van der Waals surface area contributed by atoms with Crippen LogP contribution >= 0.6 is 0 Å². The van der Waals surface area contributed by atoms with Gasteiger partial charge in [-0.05, 0) is 200 Å². The molecular formula is C37H92O13Si12. The Morgan fingerprint density at radius 1 is 0.419 bits per heavy atom. The minimum absolute atomic E-state index is 0.524. The lowest BCUT2D eigenvalue weighted by Gasteiger charge is -2.42. The Hall–Kier alpha value is 2.08. The van der Waals surface area contributed by atoms with Gasteiger partial charge in [0.15, 0.2) is 25.0 Å². The first-order valence-electron chi connectivity index (χ1n) is 23.7. The van der Waals surface area contributed by atoms with E-state index in [0.29, 0.717) is 24.4 Å². The van der Waals surface area contributed by atoms with Crippen molar-refractivity contribution in [2.24, 2.45) is 11.8 Å². The Morgan fingerprint density at radius 2 is 0.774 bits per heavy atom. The zero-order valence-corrected chi connectivity index (χ0v) is 55.7. The molecule has 0 N–H and O–H groups in total.